The maximum atomic E-state index is 2.37. The average Bonchev–Trinajstić information content (AvgIpc) is 2.53. The maximum absolute atomic E-state index is 2.37. The number of allylic oxidation sites excluding steroid dienone is 1. The molecule has 0 fully saturated rings. The van der Waals surface area contributed by atoms with Crippen molar-refractivity contribution in [3.05, 3.63) is 40.5 Å². The van der Waals surface area contributed by atoms with E-state index in [1.54, 1.807) is 0 Å². The normalized spacial score (nSPS) is 13.4. The second-order valence-corrected chi connectivity index (χ2v) is 3.84. The molecule has 1 aliphatic carbocycles. The number of aryl methyl sites for hydroxylation is 2. The lowest BCUT2D eigenvalue weighted by Gasteiger charge is -2.07. The first-order chi connectivity index (χ1) is 6.31. The van der Waals surface area contributed by atoms with Crippen molar-refractivity contribution in [1.29, 1.82) is 0 Å². The summed E-state index contributed by atoms with van der Waals surface area (Å²) in [6.07, 6.45) is 8.10. The maximum Gasteiger partial charge on any atom is -0.00880 e. The van der Waals surface area contributed by atoms with E-state index in [-0.39, 0.29) is 0 Å². The first kappa shape index (κ1) is 8.55. The minimum atomic E-state index is 1.13. The fraction of sp³-hybridized carbons (Fsp3) is 0.385. The summed E-state index contributed by atoms with van der Waals surface area (Å²) in [6.45, 7) is 4.45. The molecule has 0 aliphatic heterocycles. The van der Waals surface area contributed by atoms with Crippen LogP contribution in [0.5, 0.6) is 0 Å². The zero-order valence-corrected chi connectivity index (χ0v) is 8.43. The van der Waals surface area contributed by atoms with Crippen LogP contribution in [0.2, 0.25) is 0 Å². The Kier molecular flexibility index (Phi) is 2.22. The Morgan fingerprint density at radius 3 is 2.92 bits per heavy atom. The lowest BCUT2D eigenvalue weighted by Crippen LogP contribution is -1.91. The summed E-state index contributed by atoms with van der Waals surface area (Å²) >= 11 is 0. The molecule has 1 aromatic rings. The first-order valence-corrected chi connectivity index (χ1v) is 5.10. The van der Waals surface area contributed by atoms with Crippen LogP contribution in [-0.2, 0) is 12.8 Å². The number of hydrogen-bond acceptors (Lipinski definition) is 0. The summed E-state index contributed by atoms with van der Waals surface area (Å²) in [5.41, 5.74) is 5.92. The summed E-state index contributed by atoms with van der Waals surface area (Å²) in [6, 6.07) is 4.70. The van der Waals surface area contributed by atoms with E-state index >= 15 is 0 Å². The largest absolute Gasteiger partial charge is 0.0795 e. The molecule has 1 aromatic carbocycles. The minimum Gasteiger partial charge on any atom is -0.0795 e. The number of hydrogen-bond donors (Lipinski definition) is 0. The van der Waals surface area contributed by atoms with Gasteiger partial charge in [-0.05, 0) is 42.0 Å². The molecule has 0 heterocycles. The fourth-order valence-corrected chi connectivity index (χ4v) is 2.10. The van der Waals surface area contributed by atoms with Gasteiger partial charge in [0.1, 0.15) is 0 Å². The average molecular weight is 172 g/mol. The van der Waals surface area contributed by atoms with Crippen LogP contribution in [0.25, 0.3) is 6.08 Å². The number of fused-ring (bicyclic) bond motifs is 1. The van der Waals surface area contributed by atoms with E-state index in [0.717, 1.165) is 6.42 Å². The van der Waals surface area contributed by atoms with E-state index in [0.29, 0.717) is 0 Å². The summed E-state index contributed by atoms with van der Waals surface area (Å²) in [4.78, 5) is 0. The SMILES string of the molecule is CCCc1cc(C)c2c(c1)CC=C2. The molecule has 0 saturated carbocycles. The van der Waals surface area contributed by atoms with Gasteiger partial charge >= 0.3 is 0 Å². The third-order valence-electron chi connectivity index (χ3n) is 2.69. The van der Waals surface area contributed by atoms with Gasteiger partial charge in [0, 0.05) is 0 Å². The number of rotatable bonds is 2. The summed E-state index contributed by atoms with van der Waals surface area (Å²) < 4.78 is 0. The van der Waals surface area contributed by atoms with E-state index in [9.17, 15) is 0 Å². The molecule has 0 heteroatoms. The summed E-state index contributed by atoms with van der Waals surface area (Å²) in [5.74, 6) is 0. The van der Waals surface area contributed by atoms with Gasteiger partial charge in [-0.2, -0.15) is 0 Å². The highest BCUT2D eigenvalue weighted by atomic mass is 14.1. The summed E-state index contributed by atoms with van der Waals surface area (Å²) in [5, 5.41) is 0. The molecular weight excluding hydrogens is 156 g/mol. The third kappa shape index (κ3) is 1.53. The second kappa shape index (κ2) is 3.37. The Morgan fingerprint density at radius 1 is 1.31 bits per heavy atom. The lowest BCUT2D eigenvalue weighted by molar-refractivity contribution is 0.917. The van der Waals surface area contributed by atoms with Gasteiger partial charge in [-0.3, -0.25) is 0 Å². The molecule has 0 atom stereocenters. The van der Waals surface area contributed by atoms with Crippen LogP contribution in [0.3, 0.4) is 0 Å². The van der Waals surface area contributed by atoms with Gasteiger partial charge in [0.25, 0.3) is 0 Å². The van der Waals surface area contributed by atoms with E-state index < -0.39 is 0 Å². The van der Waals surface area contributed by atoms with Crippen LogP contribution in [0.1, 0.15) is 35.6 Å². The quantitative estimate of drug-likeness (QED) is 0.640. The molecule has 0 spiro atoms. The van der Waals surface area contributed by atoms with Crippen molar-refractivity contribution in [2.24, 2.45) is 0 Å². The van der Waals surface area contributed by atoms with Crippen molar-refractivity contribution in [1.82, 2.24) is 0 Å². The Morgan fingerprint density at radius 2 is 2.15 bits per heavy atom. The fourth-order valence-electron chi connectivity index (χ4n) is 2.10. The number of benzene rings is 1. The molecule has 1 aliphatic rings. The molecule has 0 bridgehead atoms. The van der Waals surface area contributed by atoms with Gasteiger partial charge in [0.15, 0.2) is 0 Å². The van der Waals surface area contributed by atoms with E-state index in [1.165, 1.54) is 35.1 Å². The minimum absolute atomic E-state index is 1.13. The van der Waals surface area contributed by atoms with Crippen molar-refractivity contribution in [3.63, 3.8) is 0 Å². The van der Waals surface area contributed by atoms with Gasteiger partial charge in [0.2, 0.25) is 0 Å². The van der Waals surface area contributed by atoms with Crippen molar-refractivity contribution in [3.8, 4) is 0 Å². The molecule has 13 heavy (non-hydrogen) atoms. The van der Waals surface area contributed by atoms with Crippen LogP contribution >= 0.6 is 0 Å². The second-order valence-electron chi connectivity index (χ2n) is 3.84. The highest BCUT2D eigenvalue weighted by Crippen LogP contribution is 2.25. The van der Waals surface area contributed by atoms with Crippen molar-refractivity contribution >= 4 is 6.08 Å². The first-order valence-electron chi connectivity index (χ1n) is 5.10. The molecule has 0 amide bonds. The monoisotopic (exact) mass is 172 g/mol. The van der Waals surface area contributed by atoms with E-state index in [4.69, 9.17) is 0 Å². The van der Waals surface area contributed by atoms with Crippen molar-refractivity contribution in [2.45, 2.75) is 33.1 Å². The highest BCUT2D eigenvalue weighted by Gasteiger charge is 2.08. The predicted octanol–water partition coefficient (Wildman–Crippen LogP) is 3.52. The Balaban J connectivity index is 2.41. The Hall–Kier alpha value is -1.04. The van der Waals surface area contributed by atoms with Gasteiger partial charge in [-0.25, -0.2) is 0 Å². The molecule has 0 radical (unpaired) electrons. The topological polar surface area (TPSA) is 0 Å². The van der Waals surface area contributed by atoms with E-state index in [2.05, 4.69) is 38.1 Å². The van der Waals surface area contributed by atoms with Crippen molar-refractivity contribution in [2.75, 3.05) is 0 Å². The van der Waals surface area contributed by atoms with Gasteiger partial charge < -0.3 is 0 Å². The van der Waals surface area contributed by atoms with Gasteiger partial charge in [-0.15, -0.1) is 0 Å². The molecule has 0 aromatic heterocycles. The van der Waals surface area contributed by atoms with Crippen LogP contribution in [0.4, 0.5) is 0 Å². The van der Waals surface area contributed by atoms with Gasteiger partial charge in [-0.1, -0.05) is 37.6 Å². The lowest BCUT2D eigenvalue weighted by atomic mass is 9.98. The molecule has 0 unspecified atom stereocenters. The van der Waals surface area contributed by atoms with Crippen LogP contribution < -0.4 is 0 Å². The zero-order chi connectivity index (χ0) is 9.26. The summed E-state index contributed by atoms with van der Waals surface area (Å²) in [7, 11) is 0. The van der Waals surface area contributed by atoms with Crippen LogP contribution in [0.15, 0.2) is 18.2 Å². The smallest absolute Gasteiger partial charge is 0.00880 e. The molecule has 0 nitrogen and oxygen atoms in total. The molecule has 68 valence electrons. The molecular formula is C13H16. The standard InChI is InChI=1S/C13H16/c1-3-5-11-8-10(2)13-7-4-6-12(13)9-11/h4,7-9H,3,5-6H2,1-2H3. The molecule has 2 rings (SSSR count). The van der Waals surface area contributed by atoms with Crippen LogP contribution in [-0.4, -0.2) is 0 Å². The zero-order valence-electron chi connectivity index (χ0n) is 8.43. The van der Waals surface area contributed by atoms with E-state index in [1.807, 2.05) is 0 Å². The predicted molar refractivity (Wildman–Crippen MR) is 57.9 cm³/mol. The highest BCUT2D eigenvalue weighted by molar-refractivity contribution is 5.63. The Bertz CT molecular complexity index is 345. The third-order valence-corrected chi connectivity index (χ3v) is 2.69. The van der Waals surface area contributed by atoms with Crippen molar-refractivity contribution < 1.29 is 0 Å². The molecule has 0 N–H and O–H groups in total. The van der Waals surface area contributed by atoms with Gasteiger partial charge in [0.05, 0.1) is 0 Å². The van der Waals surface area contributed by atoms with Crippen LogP contribution in [0, 0.1) is 6.92 Å². The molecule has 0 saturated heterocycles. The Labute approximate surface area is 80.3 Å².